The van der Waals surface area contributed by atoms with E-state index in [2.05, 4.69) is 33.0 Å². The number of ketones is 1. The summed E-state index contributed by atoms with van der Waals surface area (Å²) in [6, 6.07) is 15.2. The molecule has 2 aromatic rings. The quantitative estimate of drug-likeness (QED) is 0.622. The molecule has 0 aliphatic carbocycles. The highest BCUT2D eigenvalue weighted by Gasteiger charge is 2.24. The highest BCUT2D eigenvalue weighted by molar-refractivity contribution is 9.10. The van der Waals surface area contributed by atoms with Gasteiger partial charge in [0.1, 0.15) is 18.5 Å². The first-order chi connectivity index (χ1) is 13.0. The summed E-state index contributed by atoms with van der Waals surface area (Å²) < 4.78 is 12.6. The van der Waals surface area contributed by atoms with Gasteiger partial charge in [-0.05, 0) is 36.8 Å². The smallest absolute Gasteiger partial charge is 0.163 e. The zero-order chi connectivity index (χ0) is 19.2. The van der Waals surface area contributed by atoms with Crippen LogP contribution in [0.4, 0.5) is 0 Å². The standard InChI is InChI=1S/C21H24BrNO4.ClH/c1-15(24)19-7-2-3-8-20(19)27-14-18(25)12-23-9-10-26-21(13-23)16-5-4-6-17(22)11-16;/h2-8,11,18,21,25H,9-10,12-14H2,1H3;1H. The number of rotatable bonds is 7. The lowest BCUT2D eigenvalue weighted by Crippen LogP contribution is -2.43. The molecule has 3 rings (SSSR count). The fraction of sp³-hybridized carbons (Fsp3) is 0.381. The van der Waals surface area contributed by atoms with Gasteiger partial charge in [-0.2, -0.15) is 0 Å². The molecule has 0 spiro atoms. The van der Waals surface area contributed by atoms with Crippen LogP contribution in [-0.2, 0) is 4.74 Å². The second kappa shape index (κ2) is 10.9. The van der Waals surface area contributed by atoms with Gasteiger partial charge in [0.05, 0.1) is 18.3 Å². The molecule has 1 aliphatic heterocycles. The number of aliphatic hydroxyl groups is 1. The van der Waals surface area contributed by atoms with Crippen molar-refractivity contribution in [3.63, 3.8) is 0 Å². The van der Waals surface area contributed by atoms with E-state index >= 15 is 0 Å². The van der Waals surface area contributed by atoms with Crippen LogP contribution < -0.4 is 4.74 Å². The van der Waals surface area contributed by atoms with Gasteiger partial charge in [-0.1, -0.05) is 40.2 Å². The van der Waals surface area contributed by atoms with Gasteiger partial charge in [0, 0.05) is 24.1 Å². The molecule has 2 atom stereocenters. The number of morpholine rings is 1. The zero-order valence-corrected chi connectivity index (χ0v) is 18.1. The summed E-state index contributed by atoms with van der Waals surface area (Å²) in [6.45, 7) is 4.26. The number of nitrogens with zero attached hydrogens (tertiary/aromatic N) is 1. The van der Waals surface area contributed by atoms with Gasteiger partial charge < -0.3 is 14.6 Å². The molecule has 1 N–H and O–H groups in total. The Hall–Kier alpha value is -1.44. The lowest BCUT2D eigenvalue weighted by atomic mass is 10.1. The van der Waals surface area contributed by atoms with E-state index in [0.29, 0.717) is 24.5 Å². The molecule has 0 aromatic heterocycles. The van der Waals surface area contributed by atoms with Crippen LogP contribution in [-0.4, -0.2) is 54.7 Å². The van der Waals surface area contributed by atoms with Crippen molar-refractivity contribution in [1.29, 1.82) is 0 Å². The number of carbonyl (C=O) groups excluding carboxylic acids is 1. The number of halogens is 2. The van der Waals surface area contributed by atoms with Crippen LogP contribution >= 0.6 is 28.3 Å². The second-order valence-corrected chi connectivity index (χ2v) is 7.61. The van der Waals surface area contributed by atoms with Crippen molar-refractivity contribution in [1.82, 2.24) is 4.90 Å². The van der Waals surface area contributed by atoms with Gasteiger partial charge in [0.25, 0.3) is 0 Å². The topological polar surface area (TPSA) is 59.0 Å². The largest absolute Gasteiger partial charge is 0.490 e. The van der Waals surface area contributed by atoms with E-state index in [1.807, 2.05) is 18.2 Å². The third-order valence-corrected chi connectivity index (χ3v) is 5.03. The summed E-state index contributed by atoms with van der Waals surface area (Å²) in [5, 5.41) is 10.4. The Balaban J connectivity index is 0.00000280. The van der Waals surface area contributed by atoms with Crippen molar-refractivity contribution in [2.24, 2.45) is 0 Å². The number of benzene rings is 2. The molecule has 7 heteroatoms. The Bertz CT molecular complexity index is 789. The van der Waals surface area contributed by atoms with Gasteiger partial charge >= 0.3 is 0 Å². The number of hydrogen-bond donors (Lipinski definition) is 1. The van der Waals surface area contributed by atoms with Crippen LogP contribution in [0, 0.1) is 0 Å². The molecule has 2 aromatic carbocycles. The number of aliphatic hydroxyl groups excluding tert-OH is 1. The van der Waals surface area contributed by atoms with E-state index in [4.69, 9.17) is 9.47 Å². The highest BCUT2D eigenvalue weighted by atomic mass is 79.9. The Kier molecular flexibility index (Phi) is 8.92. The molecule has 1 saturated heterocycles. The summed E-state index contributed by atoms with van der Waals surface area (Å²) in [5.41, 5.74) is 1.65. The molecule has 1 aliphatic rings. The van der Waals surface area contributed by atoms with Gasteiger partial charge in [-0.3, -0.25) is 9.69 Å². The maximum atomic E-state index is 11.7. The van der Waals surface area contributed by atoms with E-state index in [1.165, 1.54) is 6.92 Å². The Morgan fingerprint density at radius 2 is 2.11 bits per heavy atom. The summed E-state index contributed by atoms with van der Waals surface area (Å²) in [4.78, 5) is 13.8. The zero-order valence-electron chi connectivity index (χ0n) is 15.7. The summed E-state index contributed by atoms with van der Waals surface area (Å²) >= 11 is 3.49. The molecule has 0 bridgehead atoms. The Morgan fingerprint density at radius 3 is 2.86 bits per heavy atom. The molecule has 0 amide bonds. The number of para-hydroxylation sites is 1. The van der Waals surface area contributed by atoms with Crippen LogP contribution in [0.15, 0.2) is 53.0 Å². The average molecular weight is 471 g/mol. The molecule has 1 fully saturated rings. The number of carbonyl (C=O) groups is 1. The number of hydrogen-bond acceptors (Lipinski definition) is 5. The minimum atomic E-state index is -0.647. The number of ether oxygens (including phenoxy) is 2. The molecule has 0 radical (unpaired) electrons. The number of β-amino-alcohol motifs (C(OH)–C–C–N with tert-alkyl or cyclic N) is 1. The average Bonchev–Trinajstić information content (AvgIpc) is 2.67. The maximum absolute atomic E-state index is 11.7. The number of Topliss-reactive ketones (excluding diaryl/α,β-unsaturated/α-hetero) is 1. The van der Waals surface area contributed by atoms with Gasteiger partial charge in [0.2, 0.25) is 0 Å². The van der Waals surface area contributed by atoms with Crippen LogP contribution in [0.5, 0.6) is 5.75 Å². The molecule has 5 nitrogen and oxygen atoms in total. The Labute approximate surface area is 180 Å². The fourth-order valence-corrected chi connectivity index (χ4v) is 3.61. The SMILES string of the molecule is CC(=O)c1ccccc1OCC(O)CN1CCOC(c2cccc(Br)c2)C1.Cl. The minimum absolute atomic E-state index is 0. The summed E-state index contributed by atoms with van der Waals surface area (Å²) in [5.74, 6) is 0.461. The molecule has 2 unspecified atom stereocenters. The van der Waals surface area contributed by atoms with Gasteiger partial charge in [-0.15, -0.1) is 12.4 Å². The van der Waals surface area contributed by atoms with Crippen LogP contribution in [0.1, 0.15) is 28.9 Å². The van der Waals surface area contributed by atoms with Crippen molar-refractivity contribution in [3.05, 3.63) is 64.1 Å². The first kappa shape index (κ1) is 22.8. The molecule has 152 valence electrons. The normalized spacial score (nSPS) is 18.2. The van der Waals surface area contributed by atoms with Crippen LogP contribution in [0.2, 0.25) is 0 Å². The molecule has 1 heterocycles. The second-order valence-electron chi connectivity index (χ2n) is 6.69. The van der Waals surface area contributed by atoms with E-state index in [9.17, 15) is 9.90 Å². The fourth-order valence-electron chi connectivity index (χ4n) is 3.20. The van der Waals surface area contributed by atoms with E-state index < -0.39 is 6.10 Å². The lowest BCUT2D eigenvalue weighted by Gasteiger charge is -2.34. The highest BCUT2D eigenvalue weighted by Crippen LogP contribution is 2.25. The molecule has 28 heavy (non-hydrogen) atoms. The summed E-state index contributed by atoms with van der Waals surface area (Å²) in [6.07, 6.45) is -0.658. The lowest BCUT2D eigenvalue weighted by molar-refractivity contribution is -0.0459. The van der Waals surface area contributed by atoms with E-state index in [0.717, 1.165) is 23.1 Å². The molecular formula is C21H25BrClNO4. The van der Waals surface area contributed by atoms with Crippen LogP contribution in [0.3, 0.4) is 0 Å². The first-order valence-electron chi connectivity index (χ1n) is 9.03. The molecule has 0 saturated carbocycles. The van der Waals surface area contributed by atoms with Crippen LogP contribution in [0.25, 0.3) is 0 Å². The molecular weight excluding hydrogens is 446 g/mol. The summed E-state index contributed by atoms with van der Waals surface area (Å²) in [7, 11) is 0. The monoisotopic (exact) mass is 469 g/mol. The van der Waals surface area contributed by atoms with E-state index in [-0.39, 0.29) is 30.9 Å². The van der Waals surface area contributed by atoms with Crippen molar-refractivity contribution < 1.29 is 19.4 Å². The van der Waals surface area contributed by atoms with Crippen molar-refractivity contribution in [2.45, 2.75) is 19.1 Å². The van der Waals surface area contributed by atoms with Crippen molar-refractivity contribution in [3.8, 4) is 5.75 Å². The first-order valence-corrected chi connectivity index (χ1v) is 9.82. The Morgan fingerprint density at radius 1 is 1.32 bits per heavy atom. The predicted octanol–water partition coefficient (Wildman–Crippen LogP) is 3.89. The van der Waals surface area contributed by atoms with Crippen molar-refractivity contribution >= 4 is 34.1 Å². The van der Waals surface area contributed by atoms with Gasteiger partial charge in [0.15, 0.2) is 5.78 Å². The van der Waals surface area contributed by atoms with Crippen molar-refractivity contribution in [2.75, 3.05) is 32.8 Å². The maximum Gasteiger partial charge on any atom is 0.163 e. The third-order valence-electron chi connectivity index (χ3n) is 4.54. The third kappa shape index (κ3) is 6.29. The minimum Gasteiger partial charge on any atom is -0.490 e. The predicted molar refractivity (Wildman–Crippen MR) is 114 cm³/mol. The van der Waals surface area contributed by atoms with Gasteiger partial charge in [-0.25, -0.2) is 0 Å². The van der Waals surface area contributed by atoms with E-state index in [1.54, 1.807) is 18.2 Å².